The van der Waals surface area contributed by atoms with E-state index in [2.05, 4.69) is 12.0 Å². The zero-order valence-corrected chi connectivity index (χ0v) is 12.6. The molecule has 5 nitrogen and oxygen atoms in total. The number of carbonyl (C=O) groups excluding carboxylic acids is 1. The van der Waals surface area contributed by atoms with E-state index in [-0.39, 0.29) is 12.1 Å². The fraction of sp³-hybridized carbons (Fsp3) is 0.714. The second kappa shape index (κ2) is 4.54. The molecule has 0 saturated carbocycles. The van der Waals surface area contributed by atoms with Crippen LogP contribution >= 0.6 is 0 Å². The lowest BCUT2D eigenvalue weighted by atomic mass is 9.99. The smallest absolute Gasteiger partial charge is 0.410 e. The van der Waals surface area contributed by atoms with Crippen molar-refractivity contribution in [1.82, 2.24) is 14.7 Å². The molecule has 1 amide bonds. The Balaban J connectivity index is 2.22. The van der Waals surface area contributed by atoms with Crippen LogP contribution in [-0.4, -0.2) is 32.9 Å². The maximum atomic E-state index is 12.2. The third-order valence-corrected chi connectivity index (χ3v) is 3.58. The fourth-order valence-corrected chi connectivity index (χ4v) is 2.47. The molecule has 0 bridgehead atoms. The Morgan fingerprint density at radius 1 is 1.42 bits per heavy atom. The maximum absolute atomic E-state index is 12.2. The van der Waals surface area contributed by atoms with E-state index in [1.165, 1.54) is 11.3 Å². The van der Waals surface area contributed by atoms with Crippen LogP contribution in [-0.2, 0) is 18.2 Å². The van der Waals surface area contributed by atoms with Gasteiger partial charge in [0.25, 0.3) is 0 Å². The molecular weight excluding hydrogens is 242 g/mol. The third-order valence-electron chi connectivity index (χ3n) is 3.58. The van der Waals surface area contributed by atoms with Crippen LogP contribution in [0.5, 0.6) is 0 Å². The minimum absolute atomic E-state index is 0.0292. The van der Waals surface area contributed by atoms with Crippen molar-refractivity contribution in [1.29, 1.82) is 0 Å². The lowest BCUT2D eigenvalue weighted by Crippen LogP contribution is -2.42. The number of hydrogen-bond donors (Lipinski definition) is 0. The summed E-state index contributed by atoms with van der Waals surface area (Å²) in [5, 5.41) is 4.53. The highest BCUT2D eigenvalue weighted by Gasteiger charge is 2.33. The van der Waals surface area contributed by atoms with Crippen LogP contribution in [0.3, 0.4) is 0 Å². The Hall–Kier alpha value is -1.52. The van der Waals surface area contributed by atoms with Crippen molar-refractivity contribution in [2.45, 2.75) is 52.7 Å². The topological polar surface area (TPSA) is 47.4 Å². The highest BCUT2D eigenvalue weighted by atomic mass is 16.6. The largest absolute Gasteiger partial charge is 0.444 e. The standard InChI is InChI=1S/C14H23N3O2/c1-9-11-7-8-17(13(18)19-14(3,4)5)10(2)12(11)15-16(9)6/h10H,7-8H2,1-6H3/t10-/m1/s1. The van der Waals surface area contributed by atoms with Gasteiger partial charge in [0.15, 0.2) is 0 Å². The quantitative estimate of drug-likeness (QED) is 0.724. The number of ether oxygens (including phenoxy) is 1. The van der Waals surface area contributed by atoms with Crippen molar-refractivity contribution in [3.63, 3.8) is 0 Å². The molecule has 5 heteroatoms. The van der Waals surface area contributed by atoms with Crippen molar-refractivity contribution >= 4 is 6.09 Å². The SMILES string of the molecule is Cc1c2c(nn1C)[C@@H](C)N(C(=O)OC(C)(C)C)CC2. The average molecular weight is 265 g/mol. The van der Waals surface area contributed by atoms with Crippen LogP contribution in [0.15, 0.2) is 0 Å². The van der Waals surface area contributed by atoms with Gasteiger partial charge in [-0.1, -0.05) is 0 Å². The second-order valence-electron chi connectivity index (χ2n) is 6.17. The van der Waals surface area contributed by atoms with Crippen LogP contribution < -0.4 is 0 Å². The van der Waals surface area contributed by atoms with Gasteiger partial charge in [0.05, 0.1) is 11.7 Å². The summed E-state index contributed by atoms with van der Waals surface area (Å²) in [6.45, 7) is 10.4. The number of amides is 1. The Morgan fingerprint density at radius 2 is 2.05 bits per heavy atom. The van der Waals surface area contributed by atoms with Crippen LogP contribution in [0.4, 0.5) is 4.79 Å². The Morgan fingerprint density at radius 3 is 2.63 bits per heavy atom. The van der Waals surface area contributed by atoms with Gasteiger partial charge < -0.3 is 4.74 Å². The Labute approximate surface area is 114 Å². The molecule has 0 aliphatic carbocycles. The van der Waals surface area contributed by atoms with Gasteiger partial charge in [-0.15, -0.1) is 0 Å². The van der Waals surface area contributed by atoms with Crippen molar-refractivity contribution in [3.8, 4) is 0 Å². The second-order valence-corrected chi connectivity index (χ2v) is 6.17. The molecule has 106 valence electrons. The molecule has 1 aromatic rings. The monoisotopic (exact) mass is 265 g/mol. The molecule has 1 aliphatic rings. The first-order valence-electron chi connectivity index (χ1n) is 6.72. The maximum Gasteiger partial charge on any atom is 0.410 e. The van der Waals surface area contributed by atoms with E-state index in [9.17, 15) is 4.79 Å². The summed E-state index contributed by atoms with van der Waals surface area (Å²) >= 11 is 0. The molecule has 1 aliphatic heterocycles. The van der Waals surface area contributed by atoms with E-state index in [4.69, 9.17) is 4.74 Å². The minimum Gasteiger partial charge on any atom is -0.444 e. The molecular formula is C14H23N3O2. The van der Waals surface area contributed by atoms with Gasteiger partial charge in [-0.25, -0.2) is 4.79 Å². The molecule has 0 aromatic carbocycles. The molecule has 2 heterocycles. The third kappa shape index (κ3) is 2.60. The summed E-state index contributed by atoms with van der Waals surface area (Å²) in [6, 6.07) is -0.0292. The summed E-state index contributed by atoms with van der Waals surface area (Å²) in [5.41, 5.74) is 2.99. The molecule has 0 N–H and O–H groups in total. The number of fused-ring (bicyclic) bond motifs is 1. The molecule has 0 radical (unpaired) electrons. The lowest BCUT2D eigenvalue weighted by Gasteiger charge is -2.34. The zero-order chi connectivity index (χ0) is 14.4. The van der Waals surface area contributed by atoms with Gasteiger partial charge in [0, 0.05) is 24.8 Å². The molecule has 0 saturated heterocycles. The van der Waals surface area contributed by atoms with Gasteiger partial charge in [-0.05, 0) is 41.0 Å². The first-order chi connectivity index (χ1) is 8.70. The number of aryl methyl sites for hydroxylation is 1. The number of carbonyl (C=O) groups is 1. The average Bonchev–Trinajstić information content (AvgIpc) is 2.55. The van der Waals surface area contributed by atoms with Gasteiger partial charge in [-0.2, -0.15) is 5.10 Å². The summed E-state index contributed by atoms with van der Waals surface area (Å²) in [4.78, 5) is 14.0. The molecule has 0 unspecified atom stereocenters. The summed E-state index contributed by atoms with van der Waals surface area (Å²) in [7, 11) is 1.94. The Bertz CT molecular complexity index is 500. The van der Waals surface area contributed by atoms with E-state index >= 15 is 0 Å². The highest BCUT2D eigenvalue weighted by Crippen LogP contribution is 2.31. The van der Waals surface area contributed by atoms with Crippen molar-refractivity contribution < 1.29 is 9.53 Å². The molecule has 0 spiro atoms. The molecule has 0 fully saturated rings. The van der Waals surface area contributed by atoms with E-state index < -0.39 is 5.60 Å². The van der Waals surface area contributed by atoms with Crippen molar-refractivity contribution in [2.24, 2.45) is 7.05 Å². The number of hydrogen-bond acceptors (Lipinski definition) is 3. The highest BCUT2D eigenvalue weighted by molar-refractivity contribution is 5.69. The van der Waals surface area contributed by atoms with Crippen molar-refractivity contribution in [3.05, 3.63) is 17.0 Å². The molecule has 2 rings (SSSR count). The van der Waals surface area contributed by atoms with Crippen molar-refractivity contribution in [2.75, 3.05) is 6.54 Å². The first-order valence-corrected chi connectivity index (χ1v) is 6.72. The summed E-state index contributed by atoms with van der Waals surface area (Å²) in [5.74, 6) is 0. The summed E-state index contributed by atoms with van der Waals surface area (Å²) in [6.07, 6.45) is 0.590. The summed E-state index contributed by atoms with van der Waals surface area (Å²) < 4.78 is 7.34. The van der Waals surface area contributed by atoms with E-state index in [1.54, 1.807) is 4.90 Å². The zero-order valence-electron chi connectivity index (χ0n) is 12.6. The van der Waals surface area contributed by atoms with Crippen LogP contribution in [0.2, 0.25) is 0 Å². The van der Waals surface area contributed by atoms with Crippen LogP contribution in [0, 0.1) is 6.92 Å². The predicted molar refractivity (Wildman–Crippen MR) is 73.0 cm³/mol. The van der Waals surface area contributed by atoms with Gasteiger partial charge >= 0.3 is 6.09 Å². The van der Waals surface area contributed by atoms with Crippen LogP contribution in [0.25, 0.3) is 0 Å². The normalized spacial score (nSPS) is 19.3. The van der Waals surface area contributed by atoms with E-state index in [0.29, 0.717) is 6.54 Å². The number of nitrogens with zero attached hydrogens (tertiary/aromatic N) is 3. The molecule has 19 heavy (non-hydrogen) atoms. The van der Waals surface area contributed by atoms with E-state index in [0.717, 1.165) is 12.1 Å². The van der Waals surface area contributed by atoms with Gasteiger partial charge in [0.2, 0.25) is 0 Å². The Kier molecular flexibility index (Phi) is 3.32. The van der Waals surface area contributed by atoms with Gasteiger partial charge in [0.1, 0.15) is 5.60 Å². The fourth-order valence-electron chi connectivity index (χ4n) is 2.47. The molecule has 1 aromatic heterocycles. The minimum atomic E-state index is -0.461. The van der Waals surface area contributed by atoms with E-state index in [1.807, 2.05) is 39.4 Å². The molecule has 1 atom stereocenters. The number of rotatable bonds is 0. The number of aromatic nitrogens is 2. The lowest BCUT2D eigenvalue weighted by molar-refractivity contribution is 0.0155. The van der Waals surface area contributed by atoms with Gasteiger partial charge in [-0.3, -0.25) is 9.58 Å². The van der Waals surface area contributed by atoms with Crippen LogP contribution in [0.1, 0.15) is 50.7 Å². The first kappa shape index (κ1) is 13.9. The predicted octanol–water partition coefficient (Wildman–Crippen LogP) is 2.58.